The Morgan fingerprint density at radius 2 is 1.73 bits per heavy atom. The van der Waals surface area contributed by atoms with E-state index in [4.69, 9.17) is 26.4 Å². The first-order valence-corrected chi connectivity index (χ1v) is 9.42. The van der Waals surface area contributed by atoms with Crippen molar-refractivity contribution in [1.82, 2.24) is 16.2 Å². The third kappa shape index (κ3) is 7.19. The Hall–Kier alpha value is -3.43. The molecule has 2 rings (SSSR count). The number of para-hydroxylation sites is 1. The highest BCUT2D eigenvalue weighted by Crippen LogP contribution is 2.17. The number of ether oxygens (including phenoxy) is 3. The molecule has 0 fully saturated rings. The molecule has 0 aliphatic carbocycles. The molecule has 158 valence electrons. The average Bonchev–Trinajstić information content (AvgIpc) is 2.77. The Morgan fingerprint density at radius 1 is 1.00 bits per heavy atom. The molecule has 0 bridgehead atoms. The summed E-state index contributed by atoms with van der Waals surface area (Å²) < 4.78 is 15.8. The summed E-state index contributed by atoms with van der Waals surface area (Å²) in [5.41, 5.74) is 5.62. The SMILES string of the molecule is C=CCOc1ccc(C(=O)NNC(=S)NC(=O)c2ccccc2OCCOC)cc1. The number of hydrogen-bond donors (Lipinski definition) is 3. The zero-order valence-corrected chi connectivity index (χ0v) is 17.3. The number of carbonyl (C=O) groups is 2. The monoisotopic (exact) mass is 429 g/mol. The zero-order chi connectivity index (χ0) is 21.8. The Kier molecular flexibility index (Phi) is 9.29. The molecular weight excluding hydrogens is 406 g/mol. The lowest BCUT2D eigenvalue weighted by atomic mass is 10.2. The number of nitrogens with one attached hydrogen (secondary N) is 3. The van der Waals surface area contributed by atoms with Crippen molar-refractivity contribution in [2.24, 2.45) is 0 Å². The van der Waals surface area contributed by atoms with E-state index in [1.54, 1.807) is 61.7 Å². The Bertz CT molecular complexity index is 886. The second-order valence-corrected chi connectivity index (χ2v) is 6.23. The number of thiocarbonyl (C=S) groups is 1. The lowest BCUT2D eigenvalue weighted by Gasteiger charge is -2.13. The number of methoxy groups -OCH3 is 1. The highest BCUT2D eigenvalue weighted by Gasteiger charge is 2.14. The van der Waals surface area contributed by atoms with Gasteiger partial charge in [-0.15, -0.1) is 0 Å². The largest absolute Gasteiger partial charge is 0.490 e. The third-order valence-electron chi connectivity index (χ3n) is 3.68. The number of amides is 2. The average molecular weight is 429 g/mol. The molecule has 2 amide bonds. The molecular formula is C21H23N3O5S. The van der Waals surface area contributed by atoms with E-state index in [0.717, 1.165) is 0 Å². The molecule has 0 aromatic heterocycles. The smallest absolute Gasteiger partial charge is 0.269 e. The maximum Gasteiger partial charge on any atom is 0.269 e. The minimum Gasteiger partial charge on any atom is -0.490 e. The van der Waals surface area contributed by atoms with Gasteiger partial charge in [0.1, 0.15) is 24.7 Å². The summed E-state index contributed by atoms with van der Waals surface area (Å²) in [6, 6.07) is 13.3. The van der Waals surface area contributed by atoms with Crippen molar-refractivity contribution in [3.05, 3.63) is 72.3 Å². The first-order chi connectivity index (χ1) is 14.5. The van der Waals surface area contributed by atoms with Gasteiger partial charge in [-0.05, 0) is 48.6 Å². The van der Waals surface area contributed by atoms with Gasteiger partial charge in [0.2, 0.25) is 0 Å². The van der Waals surface area contributed by atoms with E-state index < -0.39 is 11.8 Å². The second kappa shape index (κ2) is 12.2. The van der Waals surface area contributed by atoms with Crippen LogP contribution in [0.5, 0.6) is 11.5 Å². The van der Waals surface area contributed by atoms with E-state index >= 15 is 0 Å². The summed E-state index contributed by atoms with van der Waals surface area (Å²) in [6.07, 6.45) is 1.63. The summed E-state index contributed by atoms with van der Waals surface area (Å²) in [5.74, 6) is 0.120. The normalized spacial score (nSPS) is 9.90. The van der Waals surface area contributed by atoms with Gasteiger partial charge in [-0.2, -0.15) is 0 Å². The molecule has 2 aromatic carbocycles. The summed E-state index contributed by atoms with van der Waals surface area (Å²) in [4.78, 5) is 24.7. The van der Waals surface area contributed by atoms with Crippen molar-refractivity contribution in [2.45, 2.75) is 0 Å². The molecule has 0 saturated heterocycles. The molecule has 0 saturated carbocycles. The van der Waals surface area contributed by atoms with Gasteiger partial charge in [0.05, 0.1) is 12.2 Å². The van der Waals surface area contributed by atoms with Crippen LogP contribution in [0, 0.1) is 0 Å². The van der Waals surface area contributed by atoms with E-state index in [1.807, 2.05) is 0 Å². The zero-order valence-electron chi connectivity index (χ0n) is 16.5. The van der Waals surface area contributed by atoms with Gasteiger partial charge in [-0.1, -0.05) is 24.8 Å². The first-order valence-electron chi connectivity index (χ1n) is 9.01. The topological polar surface area (TPSA) is 97.9 Å². The van der Waals surface area contributed by atoms with Crippen LogP contribution in [0.2, 0.25) is 0 Å². The fourth-order valence-corrected chi connectivity index (χ4v) is 2.40. The maximum absolute atomic E-state index is 12.5. The van der Waals surface area contributed by atoms with Gasteiger partial charge < -0.3 is 14.2 Å². The van der Waals surface area contributed by atoms with Crippen molar-refractivity contribution in [3.8, 4) is 11.5 Å². The fraction of sp³-hybridized carbons (Fsp3) is 0.190. The third-order valence-corrected chi connectivity index (χ3v) is 3.88. The number of hydrazine groups is 1. The van der Waals surface area contributed by atoms with Crippen LogP contribution in [0.4, 0.5) is 0 Å². The summed E-state index contributed by atoms with van der Waals surface area (Å²) in [5, 5.41) is 2.43. The summed E-state index contributed by atoms with van der Waals surface area (Å²) in [7, 11) is 1.56. The molecule has 0 heterocycles. The van der Waals surface area contributed by atoms with E-state index in [2.05, 4.69) is 22.7 Å². The first kappa shape index (κ1) is 22.9. The van der Waals surface area contributed by atoms with Crippen LogP contribution in [0.3, 0.4) is 0 Å². The second-order valence-electron chi connectivity index (χ2n) is 5.82. The molecule has 0 aliphatic rings. The van der Waals surface area contributed by atoms with Crippen LogP contribution in [-0.2, 0) is 4.74 Å². The molecule has 0 spiro atoms. The highest BCUT2D eigenvalue weighted by atomic mass is 32.1. The quantitative estimate of drug-likeness (QED) is 0.243. The number of hydrogen-bond acceptors (Lipinski definition) is 6. The van der Waals surface area contributed by atoms with Gasteiger partial charge >= 0.3 is 0 Å². The minimum atomic E-state index is -0.474. The van der Waals surface area contributed by atoms with Gasteiger partial charge in [0, 0.05) is 12.7 Å². The van der Waals surface area contributed by atoms with Crippen LogP contribution in [-0.4, -0.2) is 43.9 Å². The molecule has 0 atom stereocenters. The van der Waals surface area contributed by atoms with Crippen molar-refractivity contribution < 1.29 is 23.8 Å². The van der Waals surface area contributed by atoms with E-state index in [-0.39, 0.29) is 5.11 Å². The Labute approximate surface area is 180 Å². The van der Waals surface area contributed by atoms with Crippen molar-refractivity contribution >= 4 is 29.1 Å². The highest BCUT2D eigenvalue weighted by molar-refractivity contribution is 7.80. The summed E-state index contributed by atoms with van der Waals surface area (Å²) in [6.45, 7) is 4.64. The van der Waals surface area contributed by atoms with Crippen molar-refractivity contribution in [1.29, 1.82) is 0 Å². The van der Waals surface area contributed by atoms with Gasteiger partial charge in [-0.25, -0.2) is 0 Å². The van der Waals surface area contributed by atoms with Crippen LogP contribution in [0.1, 0.15) is 20.7 Å². The molecule has 9 heteroatoms. The maximum atomic E-state index is 12.5. The molecule has 30 heavy (non-hydrogen) atoms. The lowest BCUT2D eigenvalue weighted by molar-refractivity contribution is 0.0933. The van der Waals surface area contributed by atoms with Crippen LogP contribution < -0.4 is 25.6 Å². The number of benzene rings is 2. The molecule has 2 aromatic rings. The van der Waals surface area contributed by atoms with E-state index in [9.17, 15) is 9.59 Å². The predicted octanol–water partition coefficient (Wildman–Crippen LogP) is 2.23. The number of carbonyl (C=O) groups excluding carboxylic acids is 2. The van der Waals surface area contributed by atoms with Gasteiger partial charge in [-0.3, -0.25) is 25.8 Å². The van der Waals surface area contributed by atoms with Crippen molar-refractivity contribution in [2.75, 3.05) is 26.9 Å². The lowest BCUT2D eigenvalue weighted by Crippen LogP contribution is -2.48. The van der Waals surface area contributed by atoms with Crippen molar-refractivity contribution in [3.63, 3.8) is 0 Å². The minimum absolute atomic E-state index is 0.0639. The molecule has 0 radical (unpaired) electrons. The molecule has 8 nitrogen and oxygen atoms in total. The van der Waals surface area contributed by atoms with Gasteiger partial charge in [0.15, 0.2) is 5.11 Å². The summed E-state index contributed by atoms with van der Waals surface area (Å²) >= 11 is 5.07. The van der Waals surface area contributed by atoms with Crippen LogP contribution in [0.15, 0.2) is 61.2 Å². The predicted molar refractivity (Wildman–Crippen MR) is 117 cm³/mol. The Morgan fingerprint density at radius 3 is 2.43 bits per heavy atom. The van der Waals surface area contributed by atoms with E-state index in [1.165, 1.54) is 0 Å². The van der Waals surface area contributed by atoms with E-state index in [0.29, 0.717) is 42.4 Å². The molecule has 0 aliphatic heterocycles. The van der Waals surface area contributed by atoms with Gasteiger partial charge in [0.25, 0.3) is 11.8 Å². The van der Waals surface area contributed by atoms with Crippen LogP contribution >= 0.6 is 12.2 Å². The molecule has 3 N–H and O–H groups in total. The fourth-order valence-electron chi connectivity index (χ4n) is 2.26. The number of rotatable bonds is 9. The molecule has 0 unspecified atom stereocenters. The Balaban J connectivity index is 1.86. The standard InChI is InChI=1S/C21H23N3O5S/c1-3-12-28-16-10-8-15(9-11-16)19(25)23-24-21(30)22-20(26)17-6-4-5-7-18(17)29-14-13-27-2/h3-11H,1,12-14H2,2H3,(H,23,25)(H2,22,24,26,30). The van der Waals surface area contributed by atoms with Crippen LogP contribution in [0.25, 0.3) is 0 Å².